The van der Waals surface area contributed by atoms with E-state index in [1.807, 2.05) is 6.92 Å². The Morgan fingerprint density at radius 3 is 2.72 bits per heavy atom. The molecular weight excluding hydrogens is 294 g/mol. The SMILES string of the molecule is CCCCC(=O)NCCc1ccc(S(=O)(=O)Cl)s1. The van der Waals surface area contributed by atoms with Gasteiger partial charge in [0.1, 0.15) is 4.21 Å². The van der Waals surface area contributed by atoms with E-state index in [2.05, 4.69) is 5.32 Å². The number of nitrogens with one attached hydrogen (secondary N) is 1. The zero-order valence-corrected chi connectivity index (χ0v) is 12.5. The second-order valence-electron chi connectivity index (χ2n) is 3.86. The van der Waals surface area contributed by atoms with Gasteiger partial charge in [-0.3, -0.25) is 4.79 Å². The quantitative estimate of drug-likeness (QED) is 0.787. The molecule has 1 rings (SSSR count). The van der Waals surface area contributed by atoms with Crippen LogP contribution in [0.2, 0.25) is 0 Å². The lowest BCUT2D eigenvalue weighted by atomic mass is 10.2. The first-order valence-electron chi connectivity index (χ1n) is 5.73. The average Bonchev–Trinajstić information content (AvgIpc) is 2.74. The van der Waals surface area contributed by atoms with E-state index in [9.17, 15) is 13.2 Å². The Kier molecular flexibility index (Phi) is 6.11. The highest BCUT2D eigenvalue weighted by atomic mass is 35.7. The molecule has 4 nitrogen and oxygen atoms in total. The molecule has 0 aliphatic carbocycles. The van der Waals surface area contributed by atoms with E-state index < -0.39 is 9.05 Å². The summed E-state index contributed by atoms with van der Waals surface area (Å²) in [4.78, 5) is 12.2. The van der Waals surface area contributed by atoms with E-state index >= 15 is 0 Å². The van der Waals surface area contributed by atoms with Crippen molar-refractivity contribution in [2.24, 2.45) is 0 Å². The molecule has 0 unspecified atom stereocenters. The molecule has 1 amide bonds. The molecular formula is C11H16ClNO3S2. The van der Waals surface area contributed by atoms with Crippen LogP contribution in [0.4, 0.5) is 0 Å². The summed E-state index contributed by atoms with van der Waals surface area (Å²) in [5.74, 6) is 0.0404. The third-order valence-corrected chi connectivity index (χ3v) is 5.57. The molecule has 0 bridgehead atoms. The average molecular weight is 310 g/mol. The van der Waals surface area contributed by atoms with Crippen molar-refractivity contribution in [3.8, 4) is 0 Å². The highest BCUT2D eigenvalue weighted by molar-refractivity contribution is 8.15. The van der Waals surface area contributed by atoms with Crippen LogP contribution < -0.4 is 5.32 Å². The molecule has 102 valence electrons. The molecule has 0 radical (unpaired) electrons. The molecule has 0 aromatic carbocycles. The van der Waals surface area contributed by atoms with Gasteiger partial charge in [-0.25, -0.2) is 8.42 Å². The van der Waals surface area contributed by atoms with Gasteiger partial charge in [0, 0.05) is 28.5 Å². The van der Waals surface area contributed by atoms with Gasteiger partial charge in [-0.15, -0.1) is 11.3 Å². The normalized spacial score (nSPS) is 11.4. The van der Waals surface area contributed by atoms with Gasteiger partial charge in [-0.05, 0) is 25.0 Å². The standard InChI is InChI=1S/C11H16ClNO3S2/c1-2-3-4-10(14)13-8-7-9-5-6-11(17-9)18(12,15)16/h5-6H,2-4,7-8H2,1H3,(H,13,14). The number of hydrogen-bond donors (Lipinski definition) is 1. The zero-order chi connectivity index (χ0) is 13.6. The summed E-state index contributed by atoms with van der Waals surface area (Å²) in [5.41, 5.74) is 0. The topological polar surface area (TPSA) is 63.2 Å². The van der Waals surface area contributed by atoms with Crippen molar-refractivity contribution in [1.82, 2.24) is 5.32 Å². The minimum atomic E-state index is -3.63. The molecule has 1 N–H and O–H groups in total. The first-order chi connectivity index (χ1) is 8.43. The number of amides is 1. The molecule has 0 saturated carbocycles. The first kappa shape index (κ1) is 15.5. The fourth-order valence-corrected chi connectivity index (χ4v) is 3.50. The van der Waals surface area contributed by atoms with Gasteiger partial charge in [0.15, 0.2) is 0 Å². The van der Waals surface area contributed by atoms with Gasteiger partial charge >= 0.3 is 0 Å². The Labute approximate surface area is 116 Å². The van der Waals surface area contributed by atoms with Crippen LogP contribution >= 0.6 is 22.0 Å². The summed E-state index contributed by atoms with van der Waals surface area (Å²) in [5, 5.41) is 2.80. The van der Waals surface area contributed by atoms with E-state index in [1.165, 1.54) is 6.07 Å². The van der Waals surface area contributed by atoms with E-state index in [0.717, 1.165) is 29.1 Å². The monoisotopic (exact) mass is 309 g/mol. The lowest BCUT2D eigenvalue weighted by Gasteiger charge is -2.02. The molecule has 1 heterocycles. The van der Waals surface area contributed by atoms with Crippen molar-refractivity contribution in [2.45, 2.75) is 36.8 Å². The molecule has 18 heavy (non-hydrogen) atoms. The number of unbranched alkanes of at least 4 members (excludes halogenated alkanes) is 1. The van der Waals surface area contributed by atoms with Crippen molar-refractivity contribution in [1.29, 1.82) is 0 Å². The molecule has 7 heteroatoms. The minimum Gasteiger partial charge on any atom is -0.356 e. The maximum absolute atomic E-state index is 11.3. The van der Waals surface area contributed by atoms with Crippen LogP contribution in [0, 0.1) is 0 Å². The van der Waals surface area contributed by atoms with Crippen LogP contribution in [-0.2, 0) is 20.3 Å². The van der Waals surface area contributed by atoms with Gasteiger partial charge in [0.25, 0.3) is 9.05 Å². The van der Waals surface area contributed by atoms with Crippen LogP contribution in [0.3, 0.4) is 0 Å². The molecule has 0 aliphatic heterocycles. The third kappa shape index (κ3) is 5.37. The number of hydrogen-bond acceptors (Lipinski definition) is 4. The highest BCUT2D eigenvalue weighted by Crippen LogP contribution is 2.24. The maximum Gasteiger partial charge on any atom is 0.270 e. The Balaban J connectivity index is 2.36. The fourth-order valence-electron chi connectivity index (χ4n) is 1.37. The highest BCUT2D eigenvalue weighted by Gasteiger charge is 2.12. The summed E-state index contributed by atoms with van der Waals surface area (Å²) in [6.45, 7) is 2.55. The second kappa shape index (κ2) is 7.11. The third-order valence-electron chi connectivity index (χ3n) is 2.33. The molecule has 1 aromatic heterocycles. The van der Waals surface area contributed by atoms with E-state index in [0.29, 0.717) is 19.4 Å². The summed E-state index contributed by atoms with van der Waals surface area (Å²) in [7, 11) is 1.59. The molecule has 0 saturated heterocycles. The number of rotatable bonds is 7. The second-order valence-corrected chi connectivity index (χ2v) is 7.82. The number of thiophene rings is 1. The Hall–Kier alpha value is -0.590. The predicted molar refractivity (Wildman–Crippen MR) is 73.6 cm³/mol. The molecule has 1 aromatic rings. The van der Waals surface area contributed by atoms with Crippen LogP contribution in [0.1, 0.15) is 31.1 Å². The minimum absolute atomic E-state index is 0.0404. The van der Waals surface area contributed by atoms with E-state index in [1.54, 1.807) is 6.07 Å². The predicted octanol–water partition coefficient (Wildman–Crippen LogP) is 2.52. The van der Waals surface area contributed by atoms with Gasteiger partial charge in [0.05, 0.1) is 0 Å². The van der Waals surface area contributed by atoms with E-state index in [-0.39, 0.29) is 10.1 Å². The molecule has 0 spiro atoms. The van der Waals surface area contributed by atoms with Crippen LogP contribution in [0.25, 0.3) is 0 Å². The van der Waals surface area contributed by atoms with Gasteiger partial charge < -0.3 is 5.32 Å². The zero-order valence-electron chi connectivity index (χ0n) is 10.1. The number of halogens is 1. The summed E-state index contributed by atoms with van der Waals surface area (Å²) in [6, 6.07) is 3.21. The Morgan fingerprint density at radius 1 is 1.44 bits per heavy atom. The van der Waals surface area contributed by atoms with Crippen molar-refractivity contribution in [3.05, 3.63) is 17.0 Å². The van der Waals surface area contributed by atoms with Crippen molar-refractivity contribution < 1.29 is 13.2 Å². The van der Waals surface area contributed by atoms with Crippen LogP contribution in [0.15, 0.2) is 16.3 Å². The van der Waals surface area contributed by atoms with Gasteiger partial charge in [-0.2, -0.15) is 0 Å². The number of carbonyl (C=O) groups excluding carboxylic acids is 1. The smallest absolute Gasteiger partial charge is 0.270 e. The van der Waals surface area contributed by atoms with Crippen LogP contribution in [-0.4, -0.2) is 20.9 Å². The summed E-state index contributed by atoms with van der Waals surface area (Å²) in [6.07, 6.45) is 3.05. The van der Waals surface area contributed by atoms with E-state index in [4.69, 9.17) is 10.7 Å². The number of carbonyl (C=O) groups is 1. The lowest BCUT2D eigenvalue weighted by molar-refractivity contribution is -0.121. The molecule has 0 fully saturated rings. The Bertz CT molecular complexity index is 496. The van der Waals surface area contributed by atoms with Gasteiger partial charge in [0.2, 0.25) is 5.91 Å². The lowest BCUT2D eigenvalue weighted by Crippen LogP contribution is -2.25. The van der Waals surface area contributed by atoms with Crippen molar-refractivity contribution in [3.63, 3.8) is 0 Å². The first-order valence-corrected chi connectivity index (χ1v) is 8.86. The molecule has 0 aliphatic rings. The Morgan fingerprint density at radius 2 is 2.17 bits per heavy atom. The summed E-state index contributed by atoms with van der Waals surface area (Å²) >= 11 is 1.14. The summed E-state index contributed by atoms with van der Waals surface area (Å²) < 4.78 is 22.3. The maximum atomic E-state index is 11.3. The fraction of sp³-hybridized carbons (Fsp3) is 0.545. The molecule has 0 atom stereocenters. The largest absolute Gasteiger partial charge is 0.356 e. The van der Waals surface area contributed by atoms with Gasteiger partial charge in [-0.1, -0.05) is 13.3 Å². The van der Waals surface area contributed by atoms with Crippen molar-refractivity contribution in [2.75, 3.05) is 6.54 Å². The van der Waals surface area contributed by atoms with Crippen molar-refractivity contribution >= 4 is 37.0 Å². The van der Waals surface area contributed by atoms with Crippen LogP contribution in [0.5, 0.6) is 0 Å².